The molecule has 3 aromatic rings. The Morgan fingerprint density at radius 1 is 0.857 bits per heavy atom. The number of nitrogens with one attached hydrogen (secondary N) is 3. The highest BCUT2D eigenvalue weighted by Crippen LogP contribution is 2.31. The molecule has 35 heavy (non-hydrogen) atoms. The fourth-order valence-electron chi connectivity index (χ4n) is 2.83. The van der Waals surface area contributed by atoms with E-state index in [-0.39, 0.29) is 32.5 Å². The highest BCUT2D eigenvalue weighted by molar-refractivity contribution is 7.92. The van der Waals surface area contributed by atoms with Crippen LogP contribution in [0.5, 0.6) is 0 Å². The predicted octanol–water partition coefficient (Wildman–Crippen LogP) is 4.78. The van der Waals surface area contributed by atoms with Gasteiger partial charge in [0.05, 0.1) is 27.4 Å². The molecule has 0 saturated carbocycles. The zero-order chi connectivity index (χ0) is 26.0. The summed E-state index contributed by atoms with van der Waals surface area (Å²) in [6.07, 6.45) is -3.68. The number of halogens is 4. The van der Waals surface area contributed by atoms with Gasteiger partial charge in [0.25, 0.3) is 15.9 Å². The van der Waals surface area contributed by atoms with E-state index in [9.17, 15) is 34.8 Å². The summed E-state index contributed by atoms with van der Waals surface area (Å²) in [5, 5.41) is 2.52. The average Bonchev–Trinajstić information content (AvgIpc) is 2.74. The molecule has 0 radical (unpaired) electrons. The molecule has 8 nitrogen and oxygen atoms in total. The Morgan fingerprint density at radius 2 is 1.51 bits per heavy atom. The molecule has 0 fully saturated rings. The lowest BCUT2D eigenvalue weighted by Gasteiger charge is -2.12. The average molecular weight is 548 g/mol. The standard InChI is InChI=1S/C21H17ClF3N3O5S2/c1-34(30,31)28-19-10-5-13(11-18(19)22)20(29)26-15-6-8-17(9-7-15)35(32,33)27-16-4-2-3-14(12-16)21(23,24)25/h2-12,27-28H,1H3,(H,26,29). The molecule has 3 N–H and O–H groups in total. The molecule has 0 saturated heterocycles. The molecule has 0 aliphatic heterocycles. The second kappa shape index (κ2) is 9.76. The quantitative estimate of drug-likeness (QED) is 0.393. The lowest BCUT2D eigenvalue weighted by atomic mass is 10.2. The Bertz CT molecular complexity index is 1480. The molecule has 0 aromatic heterocycles. The number of hydrogen-bond donors (Lipinski definition) is 3. The number of rotatable bonds is 7. The van der Waals surface area contributed by atoms with E-state index >= 15 is 0 Å². The van der Waals surface area contributed by atoms with E-state index in [1.54, 1.807) is 0 Å². The maximum atomic E-state index is 12.9. The maximum Gasteiger partial charge on any atom is 0.416 e. The van der Waals surface area contributed by atoms with Crippen LogP contribution in [0.1, 0.15) is 15.9 Å². The first-order chi connectivity index (χ1) is 16.1. The summed E-state index contributed by atoms with van der Waals surface area (Å²) in [4.78, 5) is 12.2. The Balaban J connectivity index is 1.72. The molecule has 3 aromatic carbocycles. The van der Waals surface area contributed by atoms with Gasteiger partial charge in [0, 0.05) is 16.9 Å². The van der Waals surface area contributed by atoms with Gasteiger partial charge in [-0.25, -0.2) is 16.8 Å². The van der Waals surface area contributed by atoms with Gasteiger partial charge in [-0.15, -0.1) is 0 Å². The molecule has 14 heteroatoms. The number of benzene rings is 3. The number of carbonyl (C=O) groups is 1. The van der Waals surface area contributed by atoms with Crippen molar-refractivity contribution in [2.75, 3.05) is 21.0 Å². The van der Waals surface area contributed by atoms with Crippen LogP contribution in [0.25, 0.3) is 0 Å². The smallest absolute Gasteiger partial charge is 0.322 e. The van der Waals surface area contributed by atoms with E-state index in [4.69, 9.17) is 11.6 Å². The summed E-state index contributed by atoms with van der Waals surface area (Å²) >= 11 is 6.01. The molecular weight excluding hydrogens is 531 g/mol. The zero-order valence-corrected chi connectivity index (χ0v) is 20.1. The van der Waals surface area contributed by atoms with Gasteiger partial charge in [0.1, 0.15) is 0 Å². The molecule has 186 valence electrons. The van der Waals surface area contributed by atoms with Crippen molar-refractivity contribution < 1.29 is 34.8 Å². The van der Waals surface area contributed by atoms with Crippen LogP contribution >= 0.6 is 11.6 Å². The van der Waals surface area contributed by atoms with E-state index in [1.807, 2.05) is 0 Å². The van der Waals surface area contributed by atoms with Crippen LogP contribution in [0, 0.1) is 0 Å². The summed E-state index contributed by atoms with van der Waals surface area (Å²) in [5.74, 6) is -0.601. The van der Waals surface area contributed by atoms with E-state index < -0.39 is 37.7 Å². The molecule has 0 atom stereocenters. The molecular formula is C21H17ClF3N3O5S2. The Labute approximate surface area is 204 Å². The maximum absolute atomic E-state index is 12.9. The van der Waals surface area contributed by atoms with Crippen LogP contribution in [0.15, 0.2) is 71.6 Å². The lowest BCUT2D eigenvalue weighted by Crippen LogP contribution is -2.15. The molecule has 3 rings (SSSR count). The second-order valence-corrected chi connectivity index (χ2v) is 11.1. The first-order valence-electron chi connectivity index (χ1n) is 9.53. The third-order valence-corrected chi connectivity index (χ3v) is 6.69. The van der Waals surface area contributed by atoms with Crippen LogP contribution in [0.3, 0.4) is 0 Å². The number of amides is 1. The fraction of sp³-hybridized carbons (Fsp3) is 0.0952. The SMILES string of the molecule is CS(=O)(=O)Nc1ccc(C(=O)Nc2ccc(S(=O)(=O)Nc3cccc(C(F)(F)F)c3)cc2)cc1Cl. The molecule has 0 spiro atoms. The first-order valence-corrected chi connectivity index (χ1v) is 13.3. The van der Waals surface area contributed by atoms with Crippen LogP contribution in [0.2, 0.25) is 5.02 Å². The summed E-state index contributed by atoms with van der Waals surface area (Å²) < 4.78 is 90.6. The van der Waals surface area contributed by atoms with E-state index in [2.05, 4.69) is 14.8 Å². The Morgan fingerprint density at radius 3 is 2.09 bits per heavy atom. The number of alkyl halides is 3. The Hall–Kier alpha value is -3.29. The monoisotopic (exact) mass is 547 g/mol. The molecule has 1 amide bonds. The molecule has 0 aliphatic rings. The van der Waals surface area contributed by atoms with Gasteiger partial charge in [-0.05, 0) is 60.7 Å². The van der Waals surface area contributed by atoms with Crippen molar-refractivity contribution >= 4 is 54.6 Å². The van der Waals surface area contributed by atoms with Gasteiger partial charge >= 0.3 is 6.18 Å². The minimum Gasteiger partial charge on any atom is -0.322 e. The highest BCUT2D eigenvalue weighted by atomic mass is 35.5. The van der Waals surface area contributed by atoms with Crippen molar-refractivity contribution in [2.45, 2.75) is 11.1 Å². The normalized spacial score (nSPS) is 12.1. The van der Waals surface area contributed by atoms with Gasteiger partial charge in [-0.2, -0.15) is 13.2 Å². The minimum absolute atomic E-state index is 0.00909. The van der Waals surface area contributed by atoms with Crippen LogP contribution < -0.4 is 14.8 Å². The Kier molecular flexibility index (Phi) is 7.34. The van der Waals surface area contributed by atoms with Gasteiger partial charge < -0.3 is 5.32 Å². The minimum atomic E-state index is -4.63. The number of anilines is 3. The van der Waals surface area contributed by atoms with Crippen molar-refractivity contribution in [3.63, 3.8) is 0 Å². The van der Waals surface area contributed by atoms with Crippen molar-refractivity contribution in [3.8, 4) is 0 Å². The van der Waals surface area contributed by atoms with Crippen molar-refractivity contribution in [1.82, 2.24) is 0 Å². The van der Waals surface area contributed by atoms with Gasteiger partial charge in [0.15, 0.2) is 0 Å². The summed E-state index contributed by atoms with van der Waals surface area (Å²) in [7, 11) is -7.77. The molecule has 0 aliphatic carbocycles. The van der Waals surface area contributed by atoms with Crippen molar-refractivity contribution in [3.05, 3.63) is 82.9 Å². The zero-order valence-electron chi connectivity index (χ0n) is 17.7. The van der Waals surface area contributed by atoms with Crippen LogP contribution in [-0.2, 0) is 26.2 Å². The van der Waals surface area contributed by atoms with Crippen molar-refractivity contribution in [1.29, 1.82) is 0 Å². The van der Waals surface area contributed by atoms with Gasteiger partial charge in [-0.1, -0.05) is 17.7 Å². The highest BCUT2D eigenvalue weighted by Gasteiger charge is 2.30. The third kappa shape index (κ3) is 7.10. The van der Waals surface area contributed by atoms with Crippen LogP contribution in [0.4, 0.5) is 30.2 Å². The first kappa shape index (κ1) is 26.3. The number of hydrogen-bond acceptors (Lipinski definition) is 5. The van der Waals surface area contributed by atoms with Gasteiger partial charge in [-0.3, -0.25) is 14.2 Å². The molecule has 0 unspecified atom stereocenters. The number of sulfonamides is 2. The van der Waals surface area contributed by atoms with E-state index in [0.29, 0.717) is 6.07 Å². The molecule has 0 bridgehead atoms. The van der Waals surface area contributed by atoms with E-state index in [0.717, 1.165) is 30.5 Å². The lowest BCUT2D eigenvalue weighted by molar-refractivity contribution is -0.137. The number of carbonyl (C=O) groups excluding carboxylic acids is 1. The summed E-state index contributed by atoms with van der Waals surface area (Å²) in [6, 6.07) is 12.6. The van der Waals surface area contributed by atoms with E-state index in [1.165, 1.54) is 36.4 Å². The topological polar surface area (TPSA) is 121 Å². The molecule has 0 heterocycles. The third-order valence-electron chi connectivity index (χ3n) is 4.39. The largest absolute Gasteiger partial charge is 0.416 e. The predicted molar refractivity (Wildman–Crippen MR) is 127 cm³/mol. The summed E-state index contributed by atoms with van der Waals surface area (Å²) in [5.41, 5.74) is -0.841. The van der Waals surface area contributed by atoms with Crippen LogP contribution in [-0.4, -0.2) is 29.0 Å². The fourth-order valence-corrected chi connectivity index (χ4v) is 4.74. The van der Waals surface area contributed by atoms with Crippen molar-refractivity contribution in [2.24, 2.45) is 0 Å². The second-order valence-electron chi connectivity index (χ2n) is 7.23. The summed E-state index contributed by atoms with van der Waals surface area (Å²) in [6.45, 7) is 0. The van der Waals surface area contributed by atoms with Gasteiger partial charge in [0.2, 0.25) is 10.0 Å².